The Labute approximate surface area is 111 Å². The van der Waals surface area contributed by atoms with Crippen LogP contribution >= 0.6 is 0 Å². The summed E-state index contributed by atoms with van der Waals surface area (Å²) in [4.78, 5) is 12.3. The Morgan fingerprint density at radius 1 is 1.21 bits per heavy atom. The van der Waals surface area contributed by atoms with Gasteiger partial charge in [-0.2, -0.15) is 0 Å². The first kappa shape index (κ1) is 14.1. The molecule has 0 radical (unpaired) electrons. The van der Waals surface area contributed by atoms with Crippen LogP contribution in [0, 0.1) is 17.6 Å². The van der Waals surface area contributed by atoms with E-state index in [1.54, 1.807) is 0 Å². The van der Waals surface area contributed by atoms with E-state index in [0.717, 1.165) is 37.8 Å². The molecule has 19 heavy (non-hydrogen) atoms. The Morgan fingerprint density at radius 2 is 1.89 bits per heavy atom. The molecular formula is C15H18F2O2. The van der Waals surface area contributed by atoms with Crippen molar-refractivity contribution < 1.29 is 18.3 Å². The van der Waals surface area contributed by atoms with Crippen LogP contribution in [-0.4, -0.2) is 19.0 Å². The van der Waals surface area contributed by atoms with E-state index in [2.05, 4.69) is 0 Å². The van der Waals surface area contributed by atoms with E-state index >= 15 is 0 Å². The molecule has 0 heterocycles. The fourth-order valence-electron chi connectivity index (χ4n) is 2.76. The van der Waals surface area contributed by atoms with Gasteiger partial charge in [0.1, 0.15) is 6.10 Å². The third-order valence-corrected chi connectivity index (χ3v) is 3.79. The molecule has 1 aliphatic carbocycles. The lowest BCUT2D eigenvalue weighted by atomic mass is 9.82. The summed E-state index contributed by atoms with van der Waals surface area (Å²) in [6, 6.07) is 3.25. The van der Waals surface area contributed by atoms with Gasteiger partial charge in [0, 0.05) is 12.7 Å². The van der Waals surface area contributed by atoms with Crippen molar-refractivity contribution >= 4 is 5.78 Å². The van der Waals surface area contributed by atoms with Crippen LogP contribution in [0.25, 0.3) is 0 Å². The molecule has 4 heteroatoms. The predicted molar refractivity (Wildman–Crippen MR) is 68.1 cm³/mol. The van der Waals surface area contributed by atoms with E-state index in [1.165, 1.54) is 19.6 Å². The first-order chi connectivity index (χ1) is 9.13. The average molecular weight is 268 g/mol. The maximum Gasteiger partial charge on any atom is 0.191 e. The molecule has 0 amide bonds. The number of methoxy groups -OCH3 is 1. The fraction of sp³-hybridized carbons (Fsp3) is 0.533. The first-order valence-corrected chi connectivity index (χ1v) is 6.65. The summed E-state index contributed by atoms with van der Waals surface area (Å²) in [5.74, 6) is -2.01. The van der Waals surface area contributed by atoms with E-state index in [1.807, 2.05) is 0 Å². The maximum absolute atomic E-state index is 13.2. The number of carbonyl (C=O) groups is 1. The second kappa shape index (κ2) is 6.24. The van der Waals surface area contributed by atoms with E-state index in [-0.39, 0.29) is 17.3 Å². The van der Waals surface area contributed by atoms with Crippen LogP contribution in [0.2, 0.25) is 0 Å². The molecule has 0 N–H and O–H groups in total. The van der Waals surface area contributed by atoms with Gasteiger partial charge in [-0.1, -0.05) is 19.3 Å². The number of halogens is 2. The second-order valence-electron chi connectivity index (χ2n) is 5.05. The smallest absolute Gasteiger partial charge is 0.191 e. The number of carbonyl (C=O) groups excluding carboxylic acids is 1. The van der Waals surface area contributed by atoms with Crippen molar-refractivity contribution in [2.45, 2.75) is 38.2 Å². The monoisotopic (exact) mass is 268 g/mol. The molecule has 0 spiro atoms. The zero-order chi connectivity index (χ0) is 13.8. The van der Waals surface area contributed by atoms with Gasteiger partial charge in [-0.25, -0.2) is 8.78 Å². The summed E-state index contributed by atoms with van der Waals surface area (Å²) < 4.78 is 31.4. The van der Waals surface area contributed by atoms with Gasteiger partial charge in [0.05, 0.1) is 0 Å². The van der Waals surface area contributed by atoms with Gasteiger partial charge in [0.15, 0.2) is 17.4 Å². The SMILES string of the molecule is COC(C(=O)c1ccc(F)c(F)c1)C1CCCCC1. The van der Waals surface area contributed by atoms with Gasteiger partial charge in [-0.15, -0.1) is 0 Å². The highest BCUT2D eigenvalue weighted by Gasteiger charge is 2.30. The normalized spacial score (nSPS) is 18.3. The fourth-order valence-corrected chi connectivity index (χ4v) is 2.76. The number of Topliss-reactive ketones (excluding diaryl/α,β-unsaturated/α-hetero) is 1. The van der Waals surface area contributed by atoms with Gasteiger partial charge in [0.25, 0.3) is 0 Å². The van der Waals surface area contributed by atoms with E-state index in [4.69, 9.17) is 4.74 Å². The molecule has 2 nitrogen and oxygen atoms in total. The molecule has 104 valence electrons. The molecule has 1 aromatic carbocycles. The number of hydrogen-bond donors (Lipinski definition) is 0. The lowest BCUT2D eigenvalue weighted by molar-refractivity contribution is 0.0314. The molecule has 2 rings (SSSR count). The number of ether oxygens (including phenoxy) is 1. The molecule has 0 aromatic heterocycles. The average Bonchev–Trinajstić information content (AvgIpc) is 2.44. The van der Waals surface area contributed by atoms with Crippen molar-refractivity contribution in [2.75, 3.05) is 7.11 Å². The molecule has 1 aromatic rings. The summed E-state index contributed by atoms with van der Waals surface area (Å²) in [5.41, 5.74) is 0.177. The van der Waals surface area contributed by atoms with Crippen LogP contribution in [0.5, 0.6) is 0 Å². The van der Waals surface area contributed by atoms with Crippen molar-refractivity contribution in [3.8, 4) is 0 Å². The highest BCUT2D eigenvalue weighted by atomic mass is 19.2. The molecule has 1 unspecified atom stereocenters. The Kier molecular flexibility index (Phi) is 4.64. The number of rotatable bonds is 4. The minimum absolute atomic E-state index is 0.177. The van der Waals surface area contributed by atoms with Crippen LogP contribution < -0.4 is 0 Å². The van der Waals surface area contributed by atoms with Crippen molar-refractivity contribution in [3.05, 3.63) is 35.4 Å². The highest BCUT2D eigenvalue weighted by Crippen LogP contribution is 2.29. The Bertz CT molecular complexity index is 453. The standard InChI is InChI=1S/C15H18F2O2/c1-19-15(10-5-3-2-4-6-10)14(18)11-7-8-12(16)13(17)9-11/h7-10,15H,2-6H2,1H3. The summed E-state index contributed by atoms with van der Waals surface area (Å²) in [5, 5.41) is 0. The topological polar surface area (TPSA) is 26.3 Å². The number of hydrogen-bond acceptors (Lipinski definition) is 2. The van der Waals surface area contributed by atoms with Gasteiger partial charge < -0.3 is 4.74 Å². The molecule has 1 atom stereocenters. The van der Waals surface area contributed by atoms with Crippen molar-refractivity contribution in [1.82, 2.24) is 0 Å². The van der Waals surface area contributed by atoms with Crippen LogP contribution in [0.4, 0.5) is 8.78 Å². The lowest BCUT2D eigenvalue weighted by Crippen LogP contribution is -2.33. The summed E-state index contributed by atoms with van der Waals surface area (Å²) in [6.07, 6.45) is 4.73. The third-order valence-electron chi connectivity index (χ3n) is 3.79. The zero-order valence-corrected chi connectivity index (χ0v) is 11.0. The summed E-state index contributed by atoms with van der Waals surface area (Å²) in [6.45, 7) is 0. The van der Waals surface area contributed by atoms with Gasteiger partial charge in [0.2, 0.25) is 0 Å². The van der Waals surface area contributed by atoms with Crippen molar-refractivity contribution in [2.24, 2.45) is 5.92 Å². The maximum atomic E-state index is 13.2. The Morgan fingerprint density at radius 3 is 2.47 bits per heavy atom. The number of benzene rings is 1. The van der Waals surface area contributed by atoms with Gasteiger partial charge in [-0.3, -0.25) is 4.79 Å². The summed E-state index contributed by atoms with van der Waals surface area (Å²) >= 11 is 0. The van der Waals surface area contributed by atoms with Crippen molar-refractivity contribution in [1.29, 1.82) is 0 Å². The third kappa shape index (κ3) is 3.18. The largest absolute Gasteiger partial charge is 0.373 e. The second-order valence-corrected chi connectivity index (χ2v) is 5.05. The van der Waals surface area contributed by atoms with Gasteiger partial charge in [-0.05, 0) is 37.0 Å². The highest BCUT2D eigenvalue weighted by molar-refractivity contribution is 5.99. The van der Waals surface area contributed by atoms with E-state index < -0.39 is 17.7 Å². The summed E-state index contributed by atoms with van der Waals surface area (Å²) in [7, 11) is 1.50. The van der Waals surface area contributed by atoms with Gasteiger partial charge >= 0.3 is 0 Å². The lowest BCUT2D eigenvalue weighted by Gasteiger charge is -2.28. The predicted octanol–water partition coefficient (Wildman–Crippen LogP) is 3.74. The molecular weight excluding hydrogens is 250 g/mol. The van der Waals surface area contributed by atoms with E-state index in [0.29, 0.717) is 0 Å². The quantitative estimate of drug-likeness (QED) is 0.777. The molecule has 0 saturated heterocycles. The first-order valence-electron chi connectivity index (χ1n) is 6.65. The van der Waals surface area contributed by atoms with E-state index in [9.17, 15) is 13.6 Å². The van der Waals surface area contributed by atoms with Crippen LogP contribution in [0.3, 0.4) is 0 Å². The van der Waals surface area contributed by atoms with Crippen LogP contribution in [-0.2, 0) is 4.74 Å². The Hall–Kier alpha value is -1.29. The minimum atomic E-state index is -0.996. The zero-order valence-electron chi connectivity index (χ0n) is 11.0. The molecule has 1 saturated carbocycles. The molecule has 1 fully saturated rings. The molecule has 1 aliphatic rings. The Balaban J connectivity index is 2.17. The molecule has 0 aliphatic heterocycles. The number of ketones is 1. The molecule has 0 bridgehead atoms. The van der Waals surface area contributed by atoms with Crippen LogP contribution in [0.15, 0.2) is 18.2 Å². The van der Waals surface area contributed by atoms with Crippen LogP contribution in [0.1, 0.15) is 42.5 Å². The minimum Gasteiger partial charge on any atom is -0.373 e. The van der Waals surface area contributed by atoms with Crippen molar-refractivity contribution in [3.63, 3.8) is 0 Å².